The summed E-state index contributed by atoms with van der Waals surface area (Å²) in [5.74, 6) is -0.448. The molecule has 2 aromatic rings. The monoisotopic (exact) mass is 356 g/mol. The maximum absolute atomic E-state index is 11.6. The zero-order chi connectivity index (χ0) is 13.0. The normalized spacial score (nSPS) is 10.8. The third-order valence-corrected chi connectivity index (χ3v) is 2.77. The van der Waals surface area contributed by atoms with Crippen LogP contribution in [-0.2, 0) is 0 Å². The van der Waals surface area contributed by atoms with Gasteiger partial charge >= 0.3 is 0 Å². The molecule has 0 atom stereocenters. The molecule has 92 valence electrons. The molecule has 0 bridgehead atoms. The summed E-state index contributed by atoms with van der Waals surface area (Å²) in [6, 6.07) is 7.72. The number of nitrogens with zero attached hydrogens (tertiary/aromatic N) is 3. The zero-order valence-corrected chi connectivity index (χ0v) is 11.6. The minimum atomic E-state index is -0.448. The highest BCUT2D eigenvalue weighted by atomic mass is 127. The lowest BCUT2D eigenvalue weighted by Gasteiger charge is -1.96. The Labute approximate surface area is 117 Å². The Morgan fingerprint density at radius 3 is 3.00 bits per heavy atom. The molecule has 0 aliphatic heterocycles. The van der Waals surface area contributed by atoms with E-state index >= 15 is 0 Å². The number of benzene rings is 1. The highest BCUT2D eigenvalue weighted by Crippen LogP contribution is 2.05. The Hall–Kier alpha value is -1.77. The summed E-state index contributed by atoms with van der Waals surface area (Å²) in [4.78, 5) is 11.6. The fourth-order valence-corrected chi connectivity index (χ4v) is 1.81. The van der Waals surface area contributed by atoms with E-state index in [0.717, 1.165) is 9.13 Å². The second kappa shape index (κ2) is 5.71. The van der Waals surface area contributed by atoms with Crippen LogP contribution in [0.2, 0.25) is 0 Å². The van der Waals surface area contributed by atoms with Crippen molar-refractivity contribution in [2.24, 2.45) is 5.10 Å². The van der Waals surface area contributed by atoms with Crippen molar-refractivity contribution in [3.63, 3.8) is 0 Å². The summed E-state index contributed by atoms with van der Waals surface area (Å²) >= 11 is 2.20. The van der Waals surface area contributed by atoms with Gasteiger partial charge in [-0.1, -0.05) is 17.3 Å². The van der Waals surface area contributed by atoms with Crippen LogP contribution in [0.15, 0.2) is 34.0 Å². The Kier molecular flexibility index (Phi) is 4.03. The van der Waals surface area contributed by atoms with Crippen LogP contribution in [0.5, 0.6) is 0 Å². The summed E-state index contributed by atoms with van der Waals surface area (Å²) in [6.07, 6.45) is 1.56. The van der Waals surface area contributed by atoms with Crippen molar-refractivity contribution in [1.82, 2.24) is 15.7 Å². The van der Waals surface area contributed by atoms with Crippen LogP contribution in [0.3, 0.4) is 0 Å². The number of nitrogens with one attached hydrogen (secondary N) is 1. The highest BCUT2D eigenvalue weighted by molar-refractivity contribution is 14.1. The number of aromatic nitrogens is 2. The lowest BCUT2D eigenvalue weighted by Crippen LogP contribution is -2.19. The van der Waals surface area contributed by atoms with Gasteiger partial charge in [-0.15, -0.1) is 0 Å². The van der Waals surface area contributed by atoms with Crippen LogP contribution < -0.4 is 5.43 Å². The van der Waals surface area contributed by atoms with E-state index in [1.165, 1.54) is 0 Å². The molecule has 0 saturated heterocycles. The molecule has 18 heavy (non-hydrogen) atoms. The van der Waals surface area contributed by atoms with Crippen molar-refractivity contribution >= 4 is 34.7 Å². The molecule has 1 heterocycles. The van der Waals surface area contributed by atoms with Gasteiger partial charge in [0.2, 0.25) is 0 Å². The predicted octanol–water partition coefficient (Wildman–Crippen LogP) is 1.75. The van der Waals surface area contributed by atoms with Gasteiger partial charge < -0.3 is 0 Å². The summed E-state index contributed by atoms with van der Waals surface area (Å²) in [5.41, 5.74) is 3.82. The van der Waals surface area contributed by atoms with Crippen molar-refractivity contribution in [2.45, 2.75) is 6.92 Å². The number of hydrazone groups is 1. The van der Waals surface area contributed by atoms with Gasteiger partial charge in [-0.05, 0) is 52.4 Å². The Balaban J connectivity index is 2.00. The maximum atomic E-state index is 11.6. The zero-order valence-electron chi connectivity index (χ0n) is 9.42. The summed E-state index contributed by atoms with van der Waals surface area (Å²) < 4.78 is 5.53. The molecule has 0 fully saturated rings. The molecule has 7 heteroatoms. The van der Waals surface area contributed by atoms with Crippen molar-refractivity contribution in [1.29, 1.82) is 0 Å². The van der Waals surface area contributed by atoms with Gasteiger partial charge in [0.1, 0.15) is 5.69 Å². The number of halogens is 1. The third kappa shape index (κ3) is 3.13. The predicted molar refractivity (Wildman–Crippen MR) is 73.3 cm³/mol. The van der Waals surface area contributed by atoms with Crippen LogP contribution in [0.1, 0.15) is 21.7 Å². The van der Waals surface area contributed by atoms with Gasteiger partial charge in [-0.3, -0.25) is 4.79 Å². The Bertz CT molecular complexity index is 594. The van der Waals surface area contributed by atoms with E-state index < -0.39 is 5.91 Å². The van der Waals surface area contributed by atoms with Crippen molar-refractivity contribution < 1.29 is 9.42 Å². The molecule has 1 aromatic carbocycles. The molecule has 0 spiro atoms. The lowest BCUT2D eigenvalue weighted by molar-refractivity contribution is 0.0945. The molecule has 1 N–H and O–H groups in total. The molecule has 2 rings (SSSR count). The van der Waals surface area contributed by atoms with Gasteiger partial charge in [-0.25, -0.2) is 10.1 Å². The second-order valence-corrected chi connectivity index (χ2v) is 4.70. The van der Waals surface area contributed by atoms with Crippen LogP contribution in [0, 0.1) is 10.5 Å². The van der Waals surface area contributed by atoms with E-state index in [0.29, 0.717) is 5.69 Å². The van der Waals surface area contributed by atoms with Crippen LogP contribution in [-0.4, -0.2) is 22.4 Å². The molecule has 1 amide bonds. The first-order valence-electron chi connectivity index (χ1n) is 5.05. The first kappa shape index (κ1) is 12.7. The fourth-order valence-electron chi connectivity index (χ4n) is 1.24. The van der Waals surface area contributed by atoms with E-state index in [1.807, 2.05) is 24.3 Å². The van der Waals surface area contributed by atoms with Crippen molar-refractivity contribution in [3.05, 3.63) is 44.8 Å². The van der Waals surface area contributed by atoms with Gasteiger partial charge in [0, 0.05) is 3.57 Å². The van der Waals surface area contributed by atoms with E-state index in [1.54, 1.807) is 13.1 Å². The number of carbonyl (C=O) groups is 1. The standard InChI is InChI=1S/C11H9IN4O2/c1-7-10(16-18-15-7)11(17)14-13-6-8-3-2-4-9(12)5-8/h2-6H,1H3,(H,14,17)/b13-6+. The maximum Gasteiger partial charge on any atom is 0.295 e. The van der Waals surface area contributed by atoms with Crippen LogP contribution >= 0.6 is 22.6 Å². The average Bonchev–Trinajstić information content (AvgIpc) is 2.75. The number of amides is 1. The molecule has 0 aliphatic carbocycles. The summed E-state index contributed by atoms with van der Waals surface area (Å²) in [7, 11) is 0. The number of hydrogen-bond acceptors (Lipinski definition) is 5. The van der Waals surface area contributed by atoms with Gasteiger partial charge in [0.05, 0.1) is 6.21 Å². The first-order chi connectivity index (χ1) is 8.66. The van der Waals surface area contributed by atoms with E-state index in [9.17, 15) is 4.79 Å². The largest absolute Gasteiger partial charge is 0.295 e. The topological polar surface area (TPSA) is 80.4 Å². The Morgan fingerprint density at radius 1 is 1.50 bits per heavy atom. The second-order valence-electron chi connectivity index (χ2n) is 3.45. The number of hydrogen-bond donors (Lipinski definition) is 1. The van der Waals surface area contributed by atoms with Crippen LogP contribution in [0.25, 0.3) is 0 Å². The molecule has 0 saturated carbocycles. The molecule has 1 aromatic heterocycles. The van der Waals surface area contributed by atoms with Crippen LogP contribution in [0.4, 0.5) is 0 Å². The lowest BCUT2D eigenvalue weighted by atomic mass is 10.2. The number of rotatable bonds is 3. The number of carbonyl (C=O) groups excluding carboxylic acids is 1. The van der Waals surface area contributed by atoms with E-state index in [2.05, 4.69) is 48.1 Å². The van der Waals surface area contributed by atoms with Crippen molar-refractivity contribution in [2.75, 3.05) is 0 Å². The van der Waals surface area contributed by atoms with Crippen molar-refractivity contribution in [3.8, 4) is 0 Å². The highest BCUT2D eigenvalue weighted by Gasteiger charge is 2.13. The quantitative estimate of drug-likeness (QED) is 0.516. The Morgan fingerprint density at radius 2 is 2.33 bits per heavy atom. The fraction of sp³-hybridized carbons (Fsp3) is 0.0909. The average molecular weight is 356 g/mol. The minimum Gasteiger partial charge on any atom is -0.265 e. The number of aryl methyl sites for hydroxylation is 1. The van der Waals surface area contributed by atoms with Gasteiger partial charge in [-0.2, -0.15) is 5.10 Å². The summed E-state index contributed by atoms with van der Waals surface area (Å²) in [6.45, 7) is 1.63. The van der Waals surface area contributed by atoms with E-state index in [4.69, 9.17) is 0 Å². The molecule has 0 unspecified atom stereocenters. The molecule has 0 aliphatic rings. The molecule has 0 radical (unpaired) electrons. The summed E-state index contributed by atoms with van der Waals surface area (Å²) in [5, 5.41) is 10.8. The molecular weight excluding hydrogens is 347 g/mol. The molecule has 6 nitrogen and oxygen atoms in total. The first-order valence-corrected chi connectivity index (χ1v) is 6.13. The smallest absolute Gasteiger partial charge is 0.265 e. The third-order valence-electron chi connectivity index (χ3n) is 2.10. The van der Waals surface area contributed by atoms with Gasteiger partial charge in [0.15, 0.2) is 5.69 Å². The SMILES string of the molecule is Cc1nonc1C(=O)N/N=C/c1cccc(I)c1. The minimum absolute atomic E-state index is 0.134. The van der Waals surface area contributed by atoms with Gasteiger partial charge in [0.25, 0.3) is 5.91 Å². The van der Waals surface area contributed by atoms with E-state index in [-0.39, 0.29) is 5.69 Å². The molecular formula is C11H9IN4O2.